The van der Waals surface area contributed by atoms with Gasteiger partial charge in [0.25, 0.3) is 5.91 Å². The maximum absolute atomic E-state index is 13.2. The highest BCUT2D eigenvalue weighted by Gasteiger charge is 2.48. The van der Waals surface area contributed by atoms with E-state index in [-0.39, 0.29) is 17.9 Å². The maximum Gasteiger partial charge on any atom is 0.290 e. The first-order valence-electron chi connectivity index (χ1n) is 9.63. The number of amides is 2. The van der Waals surface area contributed by atoms with Crippen molar-refractivity contribution in [3.63, 3.8) is 0 Å². The molecule has 1 atom stereocenters. The minimum Gasteiger partial charge on any atom is -0.351 e. The normalized spacial score (nSPS) is 23.5. The molecule has 1 unspecified atom stereocenters. The van der Waals surface area contributed by atoms with Gasteiger partial charge in [0.15, 0.2) is 5.82 Å². The summed E-state index contributed by atoms with van der Waals surface area (Å²) >= 11 is 0. The first-order valence-corrected chi connectivity index (χ1v) is 9.63. The van der Waals surface area contributed by atoms with Gasteiger partial charge in [-0.05, 0) is 38.3 Å². The van der Waals surface area contributed by atoms with Gasteiger partial charge in [0.2, 0.25) is 5.91 Å². The Kier molecular flexibility index (Phi) is 4.21. The van der Waals surface area contributed by atoms with Crippen molar-refractivity contribution in [1.82, 2.24) is 19.8 Å². The molecule has 1 aliphatic heterocycles. The average molecular weight is 354 g/mol. The van der Waals surface area contributed by atoms with E-state index in [0.717, 1.165) is 43.1 Å². The quantitative estimate of drug-likeness (QED) is 0.918. The molecule has 1 saturated carbocycles. The predicted molar refractivity (Wildman–Crippen MR) is 99.9 cm³/mol. The molecule has 1 fully saturated rings. The van der Waals surface area contributed by atoms with Gasteiger partial charge in [-0.1, -0.05) is 31.9 Å². The summed E-state index contributed by atoms with van der Waals surface area (Å²) in [5.74, 6) is 0.235. The van der Waals surface area contributed by atoms with Crippen molar-refractivity contribution in [2.45, 2.75) is 64.1 Å². The second kappa shape index (κ2) is 6.41. The third-order valence-electron chi connectivity index (χ3n) is 5.78. The lowest BCUT2D eigenvalue weighted by Gasteiger charge is -2.43. The number of benzene rings is 1. The standard InChI is InChI=1S/C20H26N4O2/c1-3-12-24-18(25)17-22-15-10-6-7-11-16(15)23(17)13-20(24,2)19(26)21-14-8-4-5-9-14/h6-7,10-11,14H,3-5,8-9,12-13H2,1-2H3,(H,21,26). The van der Waals surface area contributed by atoms with Gasteiger partial charge in [-0.2, -0.15) is 0 Å². The molecular formula is C20H26N4O2. The lowest BCUT2D eigenvalue weighted by molar-refractivity contribution is -0.133. The predicted octanol–water partition coefficient (Wildman–Crippen LogP) is 2.72. The molecule has 2 aliphatic rings. The summed E-state index contributed by atoms with van der Waals surface area (Å²) in [4.78, 5) is 32.7. The Hall–Kier alpha value is -2.37. The summed E-state index contributed by atoms with van der Waals surface area (Å²) < 4.78 is 1.91. The SMILES string of the molecule is CCCN1C(=O)c2nc3ccccc3n2CC1(C)C(=O)NC1CCCC1. The van der Waals surface area contributed by atoms with E-state index in [1.54, 1.807) is 4.90 Å². The summed E-state index contributed by atoms with van der Waals surface area (Å²) in [6, 6.07) is 7.97. The monoisotopic (exact) mass is 354 g/mol. The molecule has 6 heteroatoms. The Labute approximate surface area is 153 Å². The molecule has 6 nitrogen and oxygen atoms in total. The van der Waals surface area contributed by atoms with Gasteiger partial charge in [-0.25, -0.2) is 4.98 Å². The van der Waals surface area contributed by atoms with Crippen molar-refractivity contribution in [2.24, 2.45) is 0 Å². The van der Waals surface area contributed by atoms with Crippen LogP contribution in [-0.4, -0.2) is 44.4 Å². The van der Waals surface area contributed by atoms with Crippen LogP contribution in [0.1, 0.15) is 56.6 Å². The lowest BCUT2D eigenvalue weighted by Crippen LogP contribution is -2.65. The fraction of sp³-hybridized carbons (Fsp3) is 0.550. The molecule has 0 spiro atoms. The van der Waals surface area contributed by atoms with Crippen molar-refractivity contribution in [1.29, 1.82) is 0 Å². The van der Waals surface area contributed by atoms with E-state index in [2.05, 4.69) is 10.3 Å². The summed E-state index contributed by atoms with van der Waals surface area (Å²) in [6.07, 6.45) is 5.19. The van der Waals surface area contributed by atoms with Crippen LogP contribution in [0.15, 0.2) is 24.3 Å². The third-order valence-corrected chi connectivity index (χ3v) is 5.78. The molecular weight excluding hydrogens is 328 g/mol. The topological polar surface area (TPSA) is 67.2 Å². The number of fused-ring (bicyclic) bond motifs is 3. The van der Waals surface area contributed by atoms with E-state index in [1.165, 1.54) is 0 Å². The molecule has 138 valence electrons. The minimum atomic E-state index is -0.897. The van der Waals surface area contributed by atoms with Crippen LogP contribution in [-0.2, 0) is 11.3 Å². The van der Waals surface area contributed by atoms with Crippen molar-refractivity contribution in [3.05, 3.63) is 30.1 Å². The summed E-state index contributed by atoms with van der Waals surface area (Å²) in [5.41, 5.74) is 0.811. The molecule has 1 aromatic carbocycles. The summed E-state index contributed by atoms with van der Waals surface area (Å²) in [6.45, 7) is 4.91. The Morgan fingerprint density at radius 2 is 2.04 bits per heavy atom. The van der Waals surface area contributed by atoms with Crippen LogP contribution in [0.2, 0.25) is 0 Å². The molecule has 2 heterocycles. The van der Waals surface area contributed by atoms with E-state index in [9.17, 15) is 9.59 Å². The molecule has 2 aromatic rings. The molecule has 26 heavy (non-hydrogen) atoms. The largest absolute Gasteiger partial charge is 0.351 e. The van der Waals surface area contributed by atoms with Crippen LogP contribution in [0.4, 0.5) is 0 Å². The van der Waals surface area contributed by atoms with E-state index in [1.807, 2.05) is 42.7 Å². The van der Waals surface area contributed by atoms with E-state index in [4.69, 9.17) is 0 Å². The fourth-order valence-electron chi connectivity index (χ4n) is 4.31. The van der Waals surface area contributed by atoms with Crippen molar-refractivity contribution in [3.8, 4) is 0 Å². The van der Waals surface area contributed by atoms with Crippen LogP contribution in [0, 0.1) is 0 Å². The number of nitrogens with one attached hydrogen (secondary N) is 1. The number of hydrogen-bond acceptors (Lipinski definition) is 3. The number of imidazole rings is 1. The Bertz CT molecular complexity index is 853. The number of aromatic nitrogens is 2. The zero-order chi connectivity index (χ0) is 18.3. The molecule has 0 saturated heterocycles. The van der Waals surface area contributed by atoms with Crippen molar-refractivity contribution < 1.29 is 9.59 Å². The minimum absolute atomic E-state index is 0.0466. The third kappa shape index (κ3) is 2.59. The number of carbonyl (C=O) groups excluding carboxylic acids is 2. The molecule has 1 aromatic heterocycles. The molecule has 0 radical (unpaired) electrons. The molecule has 1 aliphatic carbocycles. The second-order valence-corrected chi connectivity index (χ2v) is 7.70. The number of rotatable bonds is 4. The molecule has 1 N–H and O–H groups in total. The Morgan fingerprint density at radius 3 is 2.77 bits per heavy atom. The first-order chi connectivity index (χ1) is 12.5. The van der Waals surface area contributed by atoms with Gasteiger partial charge in [-0.3, -0.25) is 9.59 Å². The molecule has 0 bridgehead atoms. The van der Waals surface area contributed by atoms with Gasteiger partial charge >= 0.3 is 0 Å². The first kappa shape index (κ1) is 17.1. The average Bonchev–Trinajstić information content (AvgIpc) is 3.26. The van der Waals surface area contributed by atoms with E-state index < -0.39 is 5.54 Å². The number of nitrogens with zero attached hydrogens (tertiary/aromatic N) is 3. The van der Waals surface area contributed by atoms with Crippen LogP contribution >= 0.6 is 0 Å². The van der Waals surface area contributed by atoms with Crippen LogP contribution in [0.3, 0.4) is 0 Å². The zero-order valence-electron chi connectivity index (χ0n) is 15.5. The lowest BCUT2D eigenvalue weighted by atomic mass is 9.94. The smallest absolute Gasteiger partial charge is 0.290 e. The Balaban J connectivity index is 1.74. The highest BCUT2D eigenvalue weighted by molar-refractivity contribution is 6.01. The van der Waals surface area contributed by atoms with E-state index >= 15 is 0 Å². The van der Waals surface area contributed by atoms with Crippen molar-refractivity contribution in [2.75, 3.05) is 6.54 Å². The van der Waals surface area contributed by atoms with Crippen LogP contribution in [0.5, 0.6) is 0 Å². The number of carbonyl (C=O) groups is 2. The zero-order valence-corrected chi connectivity index (χ0v) is 15.5. The Morgan fingerprint density at radius 1 is 1.31 bits per heavy atom. The summed E-state index contributed by atoms with van der Waals surface area (Å²) in [5, 5.41) is 3.20. The van der Waals surface area contributed by atoms with E-state index in [0.29, 0.717) is 18.9 Å². The van der Waals surface area contributed by atoms with Gasteiger partial charge in [0.1, 0.15) is 5.54 Å². The van der Waals surface area contributed by atoms with Crippen molar-refractivity contribution >= 4 is 22.8 Å². The van der Waals surface area contributed by atoms with Crippen LogP contribution in [0.25, 0.3) is 11.0 Å². The number of hydrogen-bond donors (Lipinski definition) is 1. The van der Waals surface area contributed by atoms with Crippen LogP contribution < -0.4 is 5.32 Å². The van der Waals surface area contributed by atoms with Gasteiger partial charge in [0, 0.05) is 12.6 Å². The van der Waals surface area contributed by atoms with Gasteiger partial charge < -0.3 is 14.8 Å². The second-order valence-electron chi connectivity index (χ2n) is 7.70. The van der Waals surface area contributed by atoms with Gasteiger partial charge in [0.05, 0.1) is 17.6 Å². The maximum atomic E-state index is 13.2. The summed E-state index contributed by atoms with van der Waals surface area (Å²) in [7, 11) is 0. The van der Waals surface area contributed by atoms with Gasteiger partial charge in [-0.15, -0.1) is 0 Å². The molecule has 2 amide bonds. The number of para-hydroxylation sites is 2. The molecule has 4 rings (SSSR count). The highest BCUT2D eigenvalue weighted by atomic mass is 16.2. The highest BCUT2D eigenvalue weighted by Crippen LogP contribution is 2.31. The fourth-order valence-corrected chi connectivity index (χ4v) is 4.31.